The maximum atomic E-state index is 13.8. The first-order valence-corrected chi connectivity index (χ1v) is 14.6. The Balaban J connectivity index is 1.52. The highest BCUT2D eigenvalue weighted by atomic mass is 79.9. The Morgan fingerprint density at radius 1 is 1.05 bits per heavy atom. The van der Waals surface area contributed by atoms with Gasteiger partial charge >= 0.3 is 5.97 Å². The Bertz CT molecular complexity index is 1800. The summed E-state index contributed by atoms with van der Waals surface area (Å²) in [6.07, 6.45) is 1.84. The minimum absolute atomic E-state index is 0.209. The van der Waals surface area contributed by atoms with E-state index in [1.165, 1.54) is 16.9 Å². The summed E-state index contributed by atoms with van der Waals surface area (Å²) >= 11 is 4.92. The standard InChI is InChI=1S/C32H29BrN2O4S/c1-5-38-31(37)28-21(4)34-32-35(29(28)24-12-9-19(2)10-13-24)30(36)27(40-32)17-22-11-14-26(25(33)16-22)39-18-23-8-6-7-20(3)15-23/h6-17,29H,5,18H2,1-4H3/b27-17+/t29-/m1/s1. The van der Waals surface area contributed by atoms with Gasteiger partial charge in [-0.15, -0.1) is 0 Å². The lowest BCUT2D eigenvalue weighted by Crippen LogP contribution is -2.39. The zero-order valence-electron chi connectivity index (χ0n) is 22.7. The van der Waals surface area contributed by atoms with Crippen molar-refractivity contribution in [3.05, 3.63) is 130 Å². The number of thiazole rings is 1. The van der Waals surface area contributed by atoms with Crippen molar-refractivity contribution in [2.75, 3.05) is 6.61 Å². The smallest absolute Gasteiger partial charge is 0.338 e. The van der Waals surface area contributed by atoms with E-state index in [0.717, 1.165) is 26.7 Å². The van der Waals surface area contributed by atoms with Crippen LogP contribution in [0.1, 0.15) is 47.7 Å². The second-order valence-corrected chi connectivity index (χ2v) is 11.5. The van der Waals surface area contributed by atoms with Gasteiger partial charge in [0.15, 0.2) is 4.80 Å². The normalized spacial score (nSPS) is 15.0. The van der Waals surface area contributed by atoms with Crippen LogP contribution in [0.3, 0.4) is 0 Å². The number of halogens is 1. The van der Waals surface area contributed by atoms with Gasteiger partial charge in [0.2, 0.25) is 0 Å². The first-order valence-electron chi connectivity index (χ1n) is 13.0. The fraction of sp³-hybridized carbons (Fsp3) is 0.219. The molecule has 40 heavy (non-hydrogen) atoms. The summed E-state index contributed by atoms with van der Waals surface area (Å²) in [4.78, 5) is 32.0. The molecule has 0 saturated heterocycles. The molecule has 0 N–H and O–H groups in total. The van der Waals surface area contributed by atoms with Crippen molar-refractivity contribution in [1.82, 2.24) is 4.57 Å². The van der Waals surface area contributed by atoms with E-state index >= 15 is 0 Å². The monoisotopic (exact) mass is 616 g/mol. The zero-order valence-corrected chi connectivity index (χ0v) is 25.1. The second kappa shape index (κ2) is 11.8. The van der Waals surface area contributed by atoms with Gasteiger partial charge in [-0.3, -0.25) is 9.36 Å². The average molecular weight is 618 g/mol. The van der Waals surface area contributed by atoms with E-state index in [2.05, 4.69) is 40.0 Å². The first-order chi connectivity index (χ1) is 19.2. The van der Waals surface area contributed by atoms with Crippen LogP contribution in [0.2, 0.25) is 0 Å². The molecule has 1 atom stereocenters. The Hall–Kier alpha value is -3.75. The summed E-state index contributed by atoms with van der Waals surface area (Å²) in [7, 11) is 0. The summed E-state index contributed by atoms with van der Waals surface area (Å²) in [6.45, 7) is 8.30. The van der Waals surface area contributed by atoms with Crippen LogP contribution < -0.4 is 19.6 Å². The van der Waals surface area contributed by atoms with Gasteiger partial charge in [-0.25, -0.2) is 9.79 Å². The number of rotatable bonds is 7. The molecule has 5 rings (SSSR count). The van der Waals surface area contributed by atoms with Crippen LogP contribution >= 0.6 is 27.3 Å². The molecule has 0 saturated carbocycles. The van der Waals surface area contributed by atoms with Crippen molar-refractivity contribution in [2.45, 2.75) is 40.3 Å². The van der Waals surface area contributed by atoms with Crippen LogP contribution in [-0.2, 0) is 16.1 Å². The van der Waals surface area contributed by atoms with Crippen LogP contribution in [0.5, 0.6) is 5.75 Å². The third-order valence-electron chi connectivity index (χ3n) is 6.64. The second-order valence-electron chi connectivity index (χ2n) is 9.68. The third kappa shape index (κ3) is 5.74. The summed E-state index contributed by atoms with van der Waals surface area (Å²) in [5.74, 6) is 0.253. The van der Waals surface area contributed by atoms with E-state index in [1.54, 1.807) is 18.4 Å². The molecule has 0 fully saturated rings. The average Bonchev–Trinajstić information content (AvgIpc) is 3.22. The van der Waals surface area contributed by atoms with Crippen LogP contribution in [0.4, 0.5) is 0 Å². The van der Waals surface area contributed by atoms with Gasteiger partial charge in [0.25, 0.3) is 5.56 Å². The van der Waals surface area contributed by atoms with Gasteiger partial charge in [0.05, 0.1) is 32.9 Å². The minimum atomic E-state index is -0.623. The largest absolute Gasteiger partial charge is 0.488 e. The number of hydrogen-bond acceptors (Lipinski definition) is 6. The molecule has 1 aliphatic heterocycles. The summed E-state index contributed by atoms with van der Waals surface area (Å²) in [5, 5.41) is 0. The molecule has 8 heteroatoms. The van der Waals surface area contributed by atoms with E-state index in [-0.39, 0.29) is 12.2 Å². The Morgan fingerprint density at radius 2 is 1.82 bits per heavy atom. The number of esters is 1. The van der Waals surface area contributed by atoms with Crippen LogP contribution in [0, 0.1) is 13.8 Å². The SMILES string of the molecule is CCOC(=O)C1=C(C)N=c2s/c(=C/c3ccc(OCc4cccc(C)c4)c(Br)c3)c(=O)n2[C@@H]1c1ccc(C)cc1. The van der Waals surface area contributed by atoms with Crippen LogP contribution in [0.25, 0.3) is 6.08 Å². The van der Waals surface area contributed by atoms with E-state index in [0.29, 0.717) is 33.0 Å². The lowest BCUT2D eigenvalue weighted by molar-refractivity contribution is -0.139. The number of fused-ring (bicyclic) bond motifs is 1. The Morgan fingerprint density at radius 3 is 2.52 bits per heavy atom. The number of aromatic nitrogens is 1. The molecular formula is C32H29BrN2O4S. The van der Waals surface area contributed by atoms with E-state index in [4.69, 9.17) is 9.47 Å². The number of ether oxygens (including phenoxy) is 2. The van der Waals surface area contributed by atoms with Gasteiger partial charge in [-0.05, 0) is 78.5 Å². The number of aryl methyl sites for hydroxylation is 2. The van der Waals surface area contributed by atoms with Gasteiger partial charge in [0, 0.05) is 0 Å². The molecule has 0 amide bonds. The van der Waals surface area contributed by atoms with Crippen molar-refractivity contribution in [3.63, 3.8) is 0 Å². The quantitative estimate of drug-likeness (QED) is 0.248. The first kappa shape index (κ1) is 27.8. The topological polar surface area (TPSA) is 69.9 Å². The molecule has 2 heterocycles. The number of benzene rings is 3. The lowest BCUT2D eigenvalue weighted by atomic mass is 9.95. The number of allylic oxidation sites excluding steroid dienone is 1. The number of carbonyl (C=O) groups excluding carboxylic acids is 1. The predicted octanol–water partition coefficient (Wildman–Crippen LogP) is 5.76. The molecule has 3 aromatic carbocycles. The highest BCUT2D eigenvalue weighted by molar-refractivity contribution is 9.10. The van der Waals surface area contributed by atoms with Gasteiger partial charge < -0.3 is 9.47 Å². The van der Waals surface area contributed by atoms with Gasteiger partial charge in [-0.2, -0.15) is 0 Å². The van der Waals surface area contributed by atoms with E-state index in [1.807, 2.05) is 67.6 Å². The highest BCUT2D eigenvalue weighted by Crippen LogP contribution is 2.31. The van der Waals surface area contributed by atoms with Crippen molar-refractivity contribution < 1.29 is 14.3 Å². The molecular weight excluding hydrogens is 588 g/mol. The maximum Gasteiger partial charge on any atom is 0.338 e. The predicted molar refractivity (Wildman–Crippen MR) is 161 cm³/mol. The molecule has 6 nitrogen and oxygen atoms in total. The molecule has 0 spiro atoms. The molecule has 0 unspecified atom stereocenters. The van der Waals surface area contributed by atoms with Crippen molar-refractivity contribution in [2.24, 2.45) is 4.99 Å². The summed E-state index contributed by atoms with van der Waals surface area (Å²) in [6, 6.07) is 21.2. The van der Waals surface area contributed by atoms with Crippen LogP contribution in [0.15, 0.2) is 92.3 Å². The van der Waals surface area contributed by atoms with E-state index < -0.39 is 12.0 Å². The molecule has 0 aliphatic carbocycles. The fourth-order valence-corrected chi connectivity index (χ4v) is 6.25. The lowest BCUT2D eigenvalue weighted by Gasteiger charge is -2.24. The Kier molecular flexibility index (Phi) is 8.19. The summed E-state index contributed by atoms with van der Waals surface area (Å²) < 4.78 is 14.3. The number of nitrogens with zero attached hydrogens (tertiary/aromatic N) is 2. The number of hydrogen-bond donors (Lipinski definition) is 0. The highest BCUT2D eigenvalue weighted by Gasteiger charge is 2.33. The molecule has 4 aromatic rings. The van der Waals surface area contributed by atoms with Crippen molar-refractivity contribution in [1.29, 1.82) is 0 Å². The zero-order chi connectivity index (χ0) is 28.4. The molecule has 0 bridgehead atoms. The fourth-order valence-electron chi connectivity index (χ4n) is 4.69. The maximum absolute atomic E-state index is 13.8. The third-order valence-corrected chi connectivity index (χ3v) is 8.24. The molecule has 1 aliphatic rings. The van der Waals surface area contributed by atoms with Gasteiger partial charge in [-0.1, -0.05) is 77.1 Å². The van der Waals surface area contributed by atoms with Crippen molar-refractivity contribution in [3.8, 4) is 5.75 Å². The van der Waals surface area contributed by atoms with Crippen LogP contribution in [-0.4, -0.2) is 17.1 Å². The Labute approximate surface area is 245 Å². The van der Waals surface area contributed by atoms with Crippen molar-refractivity contribution >= 4 is 39.3 Å². The summed E-state index contributed by atoms with van der Waals surface area (Å²) in [5.41, 5.74) is 5.76. The van der Waals surface area contributed by atoms with Gasteiger partial charge in [0.1, 0.15) is 12.4 Å². The molecule has 204 valence electrons. The molecule has 0 radical (unpaired) electrons. The molecule has 1 aromatic heterocycles. The van der Waals surface area contributed by atoms with E-state index in [9.17, 15) is 9.59 Å². The number of carbonyl (C=O) groups is 1. The minimum Gasteiger partial charge on any atom is -0.488 e.